The monoisotopic (exact) mass is 218 g/mol. The van der Waals surface area contributed by atoms with Crippen molar-refractivity contribution in [2.45, 2.75) is 18.9 Å². The van der Waals surface area contributed by atoms with Crippen molar-refractivity contribution in [1.82, 2.24) is 0 Å². The molecule has 0 heterocycles. The summed E-state index contributed by atoms with van der Waals surface area (Å²) in [6.07, 6.45) is 1.43. The van der Waals surface area contributed by atoms with Gasteiger partial charge in [-0.15, -0.1) is 6.58 Å². The summed E-state index contributed by atoms with van der Waals surface area (Å²) < 4.78 is 4.93. The lowest BCUT2D eigenvalue weighted by molar-refractivity contribution is -0.150. The molecule has 0 saturated heterocycles. The minimum Gasteiger partial charge on any atom is -0.454 e. The van der Waals surface area contributed by atoms with Crippen molar-refractivity contribution in [2.24, 2.45) is 0 Å². The van der Waals surface area contributed by atoms with Crippen LogP contribution in [0, 0.1) is 0 Å². The van der Waals surface area contributed by atoms with Crippen molar-refractivity contribution in [2.75, 3.05) is 0 Å². The van der Waals surface area contributed by atoms with Crippen molar-refractivity contribution in [3.05, 3.63) is 48.6 Å². The Morgan fingerprint density at radius 3 is 2.44 bits per heavy atom. The van der Waals surface area contributed by atoms with Crippen LogP contribution in [0.2, 0.25) is 0 Å². The standard InChI is InChI=1S/C13H14O3/c1-3-12(11-7-5-4-6-8-11)13(9-14)16-10(2)15/h3-9,12-13H,1H2,2H3/t12-,13+/m1/s1. The average molecular weight is 218 g/mol. The molecular weight excluding hydrogens is 204 g/mol. The van der Waals surface area contributed by atoms with E-state index in [1.165, 1.54) is 6.92 Å². The van der Waals surface area contributed by atoms with Crippen LogP contribution in [0.15, 0.2) is 43.0 Å². The average Bonchev–Trinajstić information content (AvgIpc) is 2.29. The summed E-state index contributed by atoms with van der Waals surface area (Å²) in [5.41, 5.74) is 0.899. The fraction of sp³-hybridized carbons (Fsp3) is 0.231. The molecule has 16 heavy (non-hydrogen) atoms. The highest BCUT2D eigenvalue weighted by Gasteiger charge is 2.22. The van der Waals surface area contributed by atoms with Crippen LogP contribution >= 0.6 is 0 Å². The summed E-state index contributed by atoms with van der Waals surface area (Å²) in [6, 6.07) is 9.34. The van der Waals surface area contributed by atoms with E-state index in [0.29, 0.717) is 6.29 Å². The van der Waals surface area contributed by atoms with Gasteiger partial charge in [0.15, 0.2) is 12.4 Å². The summed E-state index contributed by atoms with van der Waals surface area (Å²) in [5.74, 6) is -0.775. The molecule has 1 rings (SSSR count). The second-order valence-electron chi connectivity index (χ2n) is 3.38. The SMILES string of the molecule is C=C[C@H](c1ccccc1)[C@H](C=O)OC(C)=O. The highest BCUT2D eigenvalue weighted by Crippen LogP contribution is 2.22. The zero-order valence-electron chi connectivity index (χ0n) is 9.13. The smallest absolute Gasteiger partial charge is 0.303 e. The molecule has 0 unspecified atom stereocenters. The van der Waals surface area contributed by atoms with Crippen LogP contribution < -0.4 is 0 Å². The molecule has 0 radical (unpaired) electrons. The van der Waals surface area contributed by atoms with E-state index in [9.17, 15) is 9.59 Å². The van der Waals surface area contributed by atoms with Crippen molar-refractivity contribution in [1.29, 1.82) is 0 Å². The van der Waals surface area contributed by atoms with E-state index in [2.05, 4.69) is 6.58 Å². The Hall–Kier alpha value is -1.90. The second kappa shape index (κ2) is 5.85. The molecular formula is C13H14O3. The zero-order chi connectivity index (χ0) is 12.0. The van der Waals surface area contributed by atoms with E-state index in [4.69, 9.17) is 4.74 Å². The Morgan fingerprint density at radius 1 is 1.38 bits per heavy atom. The lowest BCUT2D eigenvalue weighted by atomic mass is 9.94. The third-order valence-corrected chi connectivity index (χ3v) is 2.23. The molecule has 2 atom stereocenters. The number of hydrogen-bond donors (Lipinski definition) is 0. The minimum absolute atomic E-state index is 0.303. The van der Waals surface area contributed by atoms with Gasteiger partial charge < -0.3 is 4.74 Å². The molecule has 0 spiro atoms. The van der Waals surface area contributed by atoms with E-state index < -0.39 is 12.1 Å². The molecule has 84 valence electrons. The summed E-state index contributed by atoms with van der Waals surface area (Å²) >= 11 is 0. The first-order valence-corrected chi connectivity index (χ1v) is 4.99. The molecule has 0 amide bonds. The Morgan fingerprint density at radius 2 is 2.00 bits per heavy atom. The number of aldehydes is 1. The predicted octanol–water partition coefficient (Wildman–Crippen LogP) is 2.09. The fourth-order valence-corrected chi connectivity index (χ4v) is 1.51. The van der Waals surface area contributed by atoms with Crippen molar-refractivity contribution >= 4 is 12.3 Å². The Bertz CT molecular complexity index is 370. The number of esters is 1. The maximum Gasteiger partial charge on any atom is 0.303 e. The summed E-state index contributed by atoms with van der Waals surface area (Å²) in [5, 5.41) is 0. The van der Waals surface area contributed by atoms with Gasteiger partial charge in [-0.3, -0.25) is 9.59 Å². The molecule has 1 aromatic carbocycles. The first-order valence-electron chi connectivity index (χ1n) is 4.99. The number of rotatable bonds is 5. The van der Waals surface area contributed by atoms with Crippen molar-refractivity contribution in [3.63, 3.8) is 0 Å². The first-order chi connectivity index (χ1) is 7.69. The molecule has 0 N–H and O–H groups in total. The second-order valence-corrected chi connectivity index (χ2v) is 3.38. The maximum absolute atomic E-state index is 10.9. The quantitative estimate of drug-likeness (QED) is 0.432. The molecule has 0 aliphatic heterocycles. The number of carbonyl (C=O) groups excluding carboxylic acids is 2. The van der Waals surface area contributed by atoms with Gasteiger partial charge in [0.2, 0.25) is 0 Å². The van der Waals surface area contributed by atoms with Crippen LogP contribution in [0.4, 0.5) is 0 Å². The van der Waals surface area contributed by atoms with Crippen molar-refractivity contribution in [3.8, 4) is 0 Å². The molecule has 0 aromatic heterocycles. The highest BCUT2D eigenvalue weighted by atomic mass is 16.5. The third-order valence-electron chi connectivity index (χ3n) is 2.23. The molecule has 3 heteroatoms. The van der Waals surface area contributed by atoms with Crippen LogP contribution in [0.3, 0.4) is 0 Å². The van der Waals surface area contributed by atoms with Gasteiger partial charge >= 0.3 is 5.97 Å². The molecule has 3 nitrogen and oxygen atoms in total. The first kappa shape index (κ1) is 12.2. The topological polar surface area (TPSA) is 43.4 Å². The van der Waals surface area contributed by atoms with Gasteiger partial charge in [-0.1, -0.05) is 36.4 Å². The largest absolute Gasteiger partial charge is 0.454 e. The number of ether oxygens (including phenoxy) is 1. The Balaban J connectivity index is 2.92. The van der Waals surface area contributed by atoms with Crippen LogP contribution in [-0.2, 0) is 14.3 Å². The van der Waals surface area contributed by atoms with Crippen molar-refractivity contribution < 1.29 is 14.3 Å². The summed E-state index contributed by atoms with van der Waals surface area (Å²) in [4.78, 5) is 21.7. The fourth-order valence-electron chi connectivity index (χ4n) is 1.51. The zero-order valence-corrected chi connectivity index (χ0v) is 9.13. The van der Waals surface area contributed by atoms with E-state index in [-0.39, 0.29) is 5.92 Å². The van der Waals surface area contributed by atoms with Gasteiger partial charge in [-0.2, -0.15) is 0 Å². The maximum atomic E-state index is 10.9. The lowest BCUT2D eigenvalue weighted by Gasteiger charge is -2.19. The normalized spacial score (nSPS) is 13.6. The Kier molecular flexibility index (Phi) is 4.45. The van der Waals surface area contributed by atoms with Crippen LogP contribution in [-0.4, -0.2) is 18.4 Å². The van der Waals surface area contributed by atoms with Crippen LogP contribution in [0.5, 0.6) is 0 Å². The molecule has 0 bridgehead atoms. The number of benzene rings is 1. The van der Waals surface area contributed by atoms with Gasteiger partial charge in [0.1, 0.15) is 0 Å². The highest BCUT2D eigenvalue weighted by molar-refractivity contribution is 5.71. The van der Waals surface area contributed by atoms with Crippen LogP contribution in [0.25, 0.3) is 0 Å². The Labute approximate surface area is 94.7 Å². The van der Waals surface area contributed by atoms with Gasteiger partial charge in [-0.25, -0.2) is 0 Å². The number of hydrogen-bond acceptors (Lipinski definition) is 3. The molecule has 0 aliphatic carbocycles. The minimum atomic E-state index is -0.808. The van der Waals surface area contributed by atoms with E-state index in [0.717, 1.165) is 5.56 Å². The molecule has 0 aliphatic rings. The van der Waals surface area contributed by atoms with Gasteiger partial charge in [0.25, 0.3) is 0 Å². The third kappa shape index (κ3) is 3.05. The van der Waals surface area contributed by atoms with E-state index >= 15 is 0 Å². The summed E-state index contributed by atoms with van der Waals surface area (Å²) in [7, 11) is 0. The van der Waals surface area contributed by atoms with E-state index in [1.807, 2.05) is 30.3 Å². The molecule has 1 aromatic rings. The van der Waals surface area contributed by atoms with Gasteiger partial charge in [0.05, 0.1) is 0 Å². The van der Waals surface area contributed by atoms with E-state index in [1.54, 1.807) is 6.08 Å². The molecule has 0 saturated carbocycles. The van der Waals surface area contributed by atoms with Gasteiger partial charge in [0, 0.05) is 12.8 Å². The lowest BCUT2D eigenvalue weighted by Crippen LogP contribution is -2.24. The summed E-state index contributed by atoms with van der Waals surface area (Å²) in [6.45, 7) is 4.94. The van der Waals surface area contributed by atoms with Gasteiger partial charge in [-0.05, 0) is 5.56 Å². The predicted molar refractivity (Wildman–Crippen MR) is 61.0 cm³/mol. The number of carbonyl (C=O) groups is 2. The van der Waals surface area contributed by atoms with Crippen LogP contribution in [0.1, 0.15) is 18.4 Å². The molecule has 0 fully saturated rings.